The van der Waals surface area contributed by atoms with E-state index in [9.17, 15) is 4.79 Å². The maximum atomic E-state index is 12.1. The molecule has 5 rings (SSSR count). The number of amides is 1. The number of benzene rings is 2. The summed E-state index contributed by atoms with van der Waals surface area (Å²) in [5.41, 5.74) is 3.08. The number of rotatable bonds is 4. The fourth-order valence-electron chi connectivity index (χ4n) is 4.07. The van der Waals surface area contributed by atoms with E-state index in [1.807, 2.05) is 52.0 Å². The second-order valence-electron chi connectivity index (χ2n) is 9.19. The highest BCUT2D eigenvalue weighted by Crippen LogP contribution is 2.38. The molecule has 1 amide bonds. The van der Waals surface area contributed by atoms with Gasteiger partial charge in [-0.3, -0.25) is 5.32 Å². The van der Waals surface area contributed by atoms with Gasteiger partial charge in [0.2, 0.25) is 0 Å². The number of imidazole rings is 1. The number of fused-ring (bicyclic) bond motifs is 1. The Bertz CT molecular complexity index is 1370. The lowest BCUT2D eigenvalue weighted by Crippen LogP contribution is -2.27. The molecule has 0 bridgehead atoms. The normalized spacial score (nSPS) is 13.9. The predicted octanol–water partition coefficient (Wildman–Crippen LogP) is 6.23. The van der Waals surface area contributed by atoms with Crippen LogP contribution in [0.25, 0.3) is 32.6 Å². The summed E-state index contributed by atoms with van der Waals surface area (Å²) in [6, 6.07) is 9.98. The van der Waals surface area contributed by atoms with Gasteiger partial charge in [-0.1, -0.05) is 11.3 Å². The summed E-state index contributed by atoms with van der Waals surface area (Å²) in [7, 11) is 0. The second kappa shape index (κ2) is 8.79. The monoisotopic (exact) mass is 480 g/mol. The van der Waals surface area contributed by atoms with Crippen LogP contribution in [-0.2, 0) is 11.3 Å². The number of aromatic nitrogens is 3. The van der Waals surface area contributed by atoms with E-state index < -0.39 is 11.7 Å². The molecule has 1 aliphatic rings. The van der Waals surface area contributed by atoms with Gasteiger partial charge in [0.15, 0.2) is 5.13 Å². The Balaban J connectivity index is 1.54. The first kappa shape index (κ1) is 22.5. The van der Waals surface area contributed by atoms with Crippen LogP contribution in [0.15, 0.2) is 30.3 Å². The number of thiazole rings is 1. The maximum Gasteiger partial charge on any atom is 0.413 e. The van der Waals surface area contributed by atoms with Gasteiger partial charge in [-0.25, -0.2) is 14.8 Å². The SMILES string of the molecule is CCOc1cc2c3c(c1)nc(-c1ccc4nc(NC(=O)OC(C)(C)C)sc4c1)n3CCCCO2. The minimum atomic E-state index is -0.569. The molecule has 178 valence electrons. The lowest BCUT2D eigenvalue weighted by atomic mass is 10.2. The third kappa shape index (κ3) is 4.52. The second-order valence-corrected chi connectivity index (χ2v) is 10.2. The largest absolute Gasteiger partial charge is 0.494 e. The summed E-state index contributed by atoms with van der Waals surface area (Å²) in [6.45, 7) is 9.59. The van der Waals surface area contributed by atoms with Gasteiger partial charge in [0.25, 0.3) is 0 Å². The first-order chi connectivity index (χ1) is 16.3. The minimum Gasteiger partial charge on any atom is -0.494 e. The lowest BCUT2D eigenvalue weighted by molar-refractivity contribution is 0.0636. The molecule has 4 aromatic rings. The molecular weight excluding hydrogens is 452 g/mol. The van der Waals surface area contributed by atoms with Crippen LogP contribution in [0.3, 0.4) is 0 Å². The topological polar surface area (TPSA) is 87.5 Å². The van der Waals surface area contributed by atoms with E-state index in [1.54, 1.807) is 0 Å². The van der Waals surface area contributed by atoms with E-state index in [4.69, 9.17) is 19.2 Å². The molecule has 0 fully saturated rings. The number of ether oxygens (including phenoxy) is 3. The molecule has 1 N–H and O–H groups in total. The molecule has 0 radical (unpaired) electrons. The van der Waals surface area contributed by atoms with Crippen LogP contribution in [0, 0.1) is 0 Å². The average Bonchev–Trinajstić information content (AvgIpc) is 3.30. The Labute approximate surface area is 201 Å². The highest BCUT2D eigenvalue weighted by molar-refractivity contribution is 7.22. The molecule has 3 heterocycles. The number of carbonyl (C=O) groups is 1. The van der Waals surface area contributed by atoms with Gasteiger partial charge < -0.3 is 18.8 Å². The summed E-state index contributed by atoms with van der Waals surface area (Å²) in [4.78, 5) is 21.7. The van der Waals surface area contributed by atoms with Gasteiger partial charge in [-0.2, -0.15) is 0 Å². The van der Waals surface area contributed by atoms with Crippen LogP contribution >= 0.6 is 11.3 Å². The van der Waals surface area contributed by atoms with Crippen molar-refractivity contribution in [1.29, 1.82) is 0 Å². The molecule has 34 heavy (non-hydrogen) atoms. The summed E-state index contributed by atoms with van der Waals surface area (Å²) in [5, 5.41) is 3.24. The van der Waals surface area contributed by atoms with E-state index in [0.29, 0.717) is 18.3 Å². The lowest BCUT2D eigenvalue weighted by Gasteiger charge is -2.18. The predicted molar refractivity (Wildman–Crippen MR) is 134 cm³/mol. The first-order valence-corrected chi connectivity index (χ1v) is 12.3. The Morgan fingerprint density at radius 3 is 2.82 bits per heavy atom. The van der Waals surface area contributed by atoms with Crippen molar-refractivity contribution < 1.29 is 19.0 Å². The standard InChI is InChI=1S/C25H28N4O4S/c1-5-31-16-13-18-21-19(14-16)32-11-7-6-10-29(21)22(26-18)15-8-9-17-20(12-15)34-23(27-17)28-24(30)33-25(2,3)4/h8-9,12-14H,5-7,10-11H2,1-4H3,(H,27,28,30). The minimum absolute atomic E-state index is 0.501. The molecule has 2 aromatic carbocycles. The molecule has 2 aromatic heterocycles. The van der Waals surface area contributed by atoms with E-state index in [1.165, 1.54) is 11.3 Å². The zero-order chi connectivity index (χ0) is 23.9. The van der Waals surface area contributed by atoms with Crippen molar-refractivity contribution in [2.45, 2.75) is 52.7 Å². The van der Waals surface area contributed by atoms with E-state index >= 15 is 0 Å². The average molecular weight is 481 g/mol. The maximum absolute atomic E-state index is 12.1. The Hall–Kier alpha value is -3.33. The van der Waals surface area contributed by atoms with Crippen LogP contribution in [-0.4, -0.2) is 39.4 Å². The van der Waals surface area contributed by atoms with Crippen LogP contribution in [0.4, 0.5) is 9.93 Å². The number of nitrogens with one attached hydrogen (secondary N) is 1. The molecule has 1 aliphatic heterocycles. The van der Waals surface area contributed by atoms with Crippen molar-refractivity contribution >= 4 is 43.8 Å². The van der Waals surface area contributed by atoms with Gasteiger partial charge in [-0.15, -0.1) is 0 Å². The van der Waals surface area contributed by atoms with Gasteiger partial charge in [0.05, 0.1) is 28.9 Å². The molecule has 0 spiro atoms. The number of hydrogen-bond acceptors (Lipinski definition) is 7. The zero-order valence-corrected chi connectivity index (χ0v) is 20.6. The van der Waals surface area contributed by atoms with Crippen molar-refractivity contribution in [1.82, 2.24) is 14.5 Å². The molecule has 9 heteroatoms. The van der Waals surface area contributed by atoms with E-state index in [0.717, 1.165) is 63.5 Å². The molecular formula is C25H28N4O4S. The number of aryl methyl sites for hydroxylation is 1. The molecule has 0 saturated heterocycles. The highest BCUT2D eigenvalue weighted by Gasteiger charge is 2.21. The van der Waals surface area contributed by atoms with Crippen LogP contribution in [0.5, 0.6) is 11.5 Å². The molecule has 0 unspecified atom stereocenters. The number of anilines is 1. The number of carbonyl (C=O) groups excluding carboxylic acids is 1. The van der Waals surface area contributed by atoms with Crippen molar-refractivity contribution in [3.05, 3.63) is 30.3 Å². The summed E-state index contributed by atoms with van der Waals surface area (Å²) in [5.74, 6) is 2.45. The summed E-state index contributed by atoms with van der Waals surface area (Å²) < 4.78 is 20.4. The van der Waals surface area contributed by atoms with Crippen molar-refractivity contribution in [2.24, 2.45) is 0 Å². The van der Waals surface area contributed by atoms with Crippen molar-refractivity contribution in [3.63, 3.8) is 0 Å². The van der Waals surface area contributed by atoms with Gasteiger partial charge in [0, 0.05) is 24.2 Å². The van der Waals surface area contributed by atoms with Crippen LogP contribution in [0.1, 0.15) is 40.5 Å². The Morgan fingerprint density at radius 2 is 2.03 bits per heavy atom. The molecule has 0 atom stereocenters. The van der Waals surface area contributed by atoms with Crippen molar-refractivity contribution in [3.8, 4) is 22.9 Å². The van der Waals surface area contributed by atoms with Crippen LogP contribution < -0.4 is 14.8 Å². The number of nitrogens with zero attached hydrogens (tertiary/aromatic N) is 3. The summed E-state index contributed by atoms with van der Waals surface area (Å²) in [6.07, 6.45) is 1.48. The third-order valence-corrected chi connectivity index (χ3v) is 6.31. The highest BCUT2D eigenvalue weighted by atomic mass is 32.1. The smallest absolute Gasteiger partial charge is 0.413 e. The van der Waals surface area contributed by atoms with Crippen LogP contribution in [0.2, 0.25) is 0 Å². The zero-order valence-electron chi connectivity index (χ0n) is 19.8. The quantitative estimate of drug-likeness (QED) is 0.372. The molecule has 0 saturated carbocycles. The third-order valence-electron chi connectivity index (χ3n) is 5.38. The van der Waals surface area contributed by atoms with Gasteiger partial charge in [-0.05, 0) is 58.7 Å². The van der Waals surface area contributed by atoms with Crippen molar-refractivity contribution in [2.75, 3.05) is 18.5 Å². The molecule has 8 nitrogen and oxygen atoms in total. The number of hydrogen-bond donors (Lipinski definition) is 1. The Kier molecular flexibility index (Phi) is 5.81. The van der Waals surface area contributed by atoms with E-state index in [-0.39, 0.29) is 0 Å². The van der Waals surface area contributed by atoms with E-state index in [2.05, 4.69) is 20.9 Å². The first-order valence-electron chi connectivity index (χ1n) is 11.5. The fourth-order valence-corrected chi connectivity index (χ4v) is 4.96. The van der Waals surface area contributed by atoms with Gasteiger partial charge in [0.1, 0.15) is 28.4 Å². The Morgan fingerprint density at radius 1 is 1.18 bits per heavy atom. The van der Waals surface area contributed by atoms with Gasteiger partial charge >= 0.3 is 6.09 Å². The molecule has 0 aliphatic carbocycles. The fraction of sp³-hybridized carbons (Fsp3) is 0.400. The summed E-state index contributed by atoms with van der Waals surface area (Å²) >= 11 is 1.41.